The molecule has 0 saturated carbocycles. The second-order valence-electron chi connectivity index (χ2n) is 6.53. The summed E-state index contributed by atoms with van der Waals surface area (Å²) in [5.41, 5.74) is 12.0. The molecule has 0 amide bonds. The van der Waals surface area contributed by atoms with Gasteiger partial charge in [-0.15, -0.1) is 0 Å². The number of rotatable bonds is 6. The summed E-state index contributed by atoms with van der Waals surface area (Å²) in [5.74, 6) is 0. The highest BCUT2D eigenvalue weighted by Gasteiger charge is 2.52. The predicted octanol–water partition coefficient (Wildman–Crippen LogP) is 4.97. The molecule has 4 rings (SSSR count). The normalized spacial score (nSPS) is 18.8. The highest BCUT2D eigenvalue weighted by atomic mass is 15.4. The molecule has 1 aliphatic heterocycles. The molecule has 1 fully saturated rings. The summed E-state index contributed by atoms with van der Waals surface area (Å²) in [6, 6.07) is 32.0. The molecule has 0 aromatic heterocycles. The molecule has 1 unspecified atom stereocenters. The van der Waals surface area contributed by atoms with E-state index in [0.717, 1.165) is 6.54 Å². The van der Waals surface area contributed by atoms with Crippen LogP contribution in [0.4, 0.5) is 0 Å². The predicted molar refractivity (Wildman–Crippen MR) is 104 cm³/mol. The van der Waals surface area contributed by atoms with Crippen LogP contribution in [0.3, 0.4) is 0 Å². The van der Waals surface area contributed by atoms with Crippen LogP contribution < -0.4 is 0 Å². The third-order valence-corrected chi connectivity index (χ3v) is 5.08. The van der Waals surface area contributed by atoms with Crippen LogP contribution in [-0.2, 0) is 5.54 Å². The lowest BCUT2D eigenvalue weighted by Crippen LogP contribution is -2.39. The fourth-order valence-electron chi connectivity index (χ4n) is 3.91. The average Bonchev–Trinajstić information content (AvgIpc) is 3.49. The molecule has 2 atom stereocenters. The van der Waals surface area contributed by atoms with Crippen molar-refractivity contribution in [2.75, 3.05) is 13.1 Å². The Balaban J connectivity index is 1.94. The van der Waals surface area contributed by atoms with E-state index in [4.69, 9.17) is 5.53 Å². The van der Waals surface area contributed by atoms with Crippen molar-refractivity contribution in [1.29, 1.82) is 0 Å². The van der Waals surface area contributed by atoms with Gasteiger partial charge in [-0.25, -0.2) is 0 Å². The summed E-state index contributed by atoms with van der Waals surface area (Å²) >= 11 is 0. The number of hydrogen-bond donors (Lipinski definition) is 0. The van der Waals surface area contributed by atoms with Crippen molar-refractivity contribution >= 4 is 0 Å². The van der Waals surface area contributed by atoms with Crippen LogP contribution in [0, 0.1) is 0 Å². The number of azide groups is 1. The Morgan fingerprint density at radius 3 is 1.62 bits per heavy atom. The van der Waals surface area contributed by atoms with Gasteiger partial charge in [0.15, 0.2) is 0 Å². The SMILES string of the molecule is [N-]=[N+]=NC[C@@H]1CN1C(c1ccccc1)(c1ccccc1)c1ccccc1. The van der Waals surface area contributed by atoms with Gasteiger partial charge >= 0.3 is 0 Å². The molecule has 128 valence electrons. The standard InChI is InChI=1S/C22H20N4/c23-25-24-16-21-17-26(21)22(18-10-4-1-5-11-18,19-12-6-2-7-13-19)20-14-8-3-9-15-20/h1-15,21H,16-17H2/t21-,26?/m1/s1. The lowest BCUT2D eigenvalue weighted by atomic mass is 9.76. The van der Waals surface area contributed by atoms with Crippen LogP contribution >= 0.6 is 0 Å². The molecule has 1 heterocycles. The molecule has 4 heteroatoms. The van der Waals surface area contributed by atoms with Gasteiger partial charge in [0.05, 0.1) is 5.54 Å². The second-order valence-corrected chi connectivity index (χ2v) is 6.53. The van der Waals surface area contributed by atoms with Crippen LogP contribution in [0.25, 0.3) is 10.4 Å². The van der Waals surface area contributed by atoms with E-state index < -0.39 is 0 Å². The fourth-order valence-corrected chi connectivity index (χ4v) is 3.91. The quantitative estimate of drug-likeness (QED) is 0.205. The Hall–Kier alpha value is -3.07. The first-order valence-electron chi connectivity index (χ1n) is 8.81. The molecule has 4 nitrogen and oxygen atoms in total. The van der Waals surface area contributed by atoms with Gasteiger partial charge < -0.3 is 0 Å². The first-order valence-corrected chi connectivity index (χ1v) is 8.81. The maximum Gasteiger partial charge on any atom is 0.0976 e. The monoisotopic (exact) mass is 340 g/mol. The Morgan fingerprint density at radius 1 is 0.808 bits per heavy atom. The van der Waals surface area contributed by atoms with Gasteiger partial charge in [-0.05, 0) is 22.2 Å². The van der Waals surface area contributed by atoms with E-state index in [9.17, 15) is 0 Å². The van der Waals surface area contributed by atoms with Gasteiger partial charge in [0.2, 0.25) is 0 Å². The first-order chi connectivity index (χ1) is 12.9. The van der Waals surface area contributed by atoms with Gasteiger partial charge in [-0.2, -0.15) is 0 Å². The Morgan fingerprint density at radius 2 is 1.23 bits per heavy atom. The molecule has 1 aliphatic rings. The average molecular weight is 340 g/mol. The highest BCUT2D eigenvalue weighted by molar-refractivity contribution is 5.51. The topological polar surface area (TPSA) is 51.8 Å². The molecule has 3 aromatic rings. The zero-order valence-electron chi connectivity index (χ0n) is 14.4. The Kier molecular flexibility index (Phi) is 4.44. The van der Waals surface area contributed by atoms with Crippen LogP contribution in [0.5, 0.6) is 0 Å². The van der Waals surface area contributed by atoms with E-state index in [2.05, 4.69) is 87.7 Å². The molecule has 0 spiro atoms. The van der Waals surface area contributed by atoms with Crippen molar-refractivity contribution in [3.05, 3.63) is 118 Å². The summed E-state index contributed by atoms with van der Waals surface area (Å²) in [6.07, 6.45) is 0. The lowest BCUT2D eigenvalue weighted by Gasteiger charge is -2.38. The Labute approximate surface area is 153 Å². The third-order valence-electron chi connectivity index (χ3n) is 5.08. The molecule has 1 saturated heterocycles. The van der Waals surface area contributed by atoms with E-state index in [1.165, 1.54) is 16.7 Å². The molecular weight excluding hydrogens is 320 g/mol. The van der Waals surface area contributed by atoms with Crippen molar-refractivity contribution in [3.8, 4) is 0 Å². The van der Waals surface area contributed by atoms with Crippen molar-refractivity contribution in [2.24, 2.45) is 5.11 Å². The molecule has 0 radical (unpaired) electrons. The fraction of sp³-hybridized carbons (Fsp3) is 0.182. The van der Waals surface area contributed by atoms with Crippen LogP contribution in [0.2, 0.25) is 0 Å². The molecule has 0 bridgehead atoms. The first kappa shape index (κ1) is 16.4. The van der Waals surface area contributed by atoms with Gasteiger partial charge in [-0.1, -0.05) is 96.1 Å². The maximum absolute atomic E-state index is 8.72. The largest absolute Gasteiger partial charge is 0.280 e. The highest BCUT2D eigenvalue weighted by Crippen LogP contribution is 2.48. The van der Waals surface area contributed by atoms with E-state index in [1.54, 1.807) is 0 Å². The third kappa shape index (κ3) is 2.76. The van der Waals surface area contributed by atoms with Crippen molar-refractivity contribution < 1.29 is 0 Å². The zero-order valence-corrected chi connectivity index (χ0v) is 14.4. The summed E-state index contributed by atoms with van der Waals surface area (Å²) in [6.45, 7) is 1.39. The number of nitrogens with zero attached hydrogens (tertiary/aromatic N) is 4. The zero-order chi connectivity index (χ0) is 17.8. The smallest absolute Gasteiger partial charge is 0.0976 e. The van der Waals surface area contributed by atoms with Crippen LogP contribution in [0.15, 0.2) is 96.1 Å². The van der Waals surface area contributed by atoms with Crippen LogP contribution in [-0.4, -0.2) is 24.0 Å². The van der Waals surface area contributed by atoms with Gasteiger partial charge in [0.25, 0.3) is 0 Å². The van der Waals surface area contributed by atoms with Gasteiger partial charge in [-0.3, -0.25) is 4.90 Å². The molecule has 0 aliphatic carbocycles. The van der Waals surface area contributed by atoms with Crippen LogP contribution in [0.1, 0.15) is 16.7 Å². The van der Waals surface area contributed by atoms with Crippen molar-refractivity contribution in [3.63, 3.8) is 0 Å². The minimum Gasteiger partial charge on any atom is -0.280 e. The van der Waals surface area contributed by atoms with E-state index in [1.807, 2.05) is 18.2 Å². The Bertz CT molecular complexity index is 806. The maximum atomic E-state index is 8.72. The molecule has 3 aromatic carbocycles. The summed E-state index contributed by atoms with van der Waals surface area (Å²) in [4.78, 5) is 5.38. The summed E-state index contributed by atoms with van der Waals surface area (Å²) in [5, 5.41) is 3.82. The van der Waals surface area contributed by atoms with E-state index in [0.29, 0.717) is 6.54 Å². The summed E-state index contributed by atoms with van der Waals surface area (Å²) < 4.78 is 0. The molecule has 0 N–H and O–H groups in total. The molecular formula is C22H20N4. The minimum atomic E-state index is -0.389. The van der Waals surface area contributed by atoms with Crippen molar-refractivity contribution in [2.45, 2.75) is 11.6 Å². The van der Waals surface area contributed by atoms with Crippen molar-refractivity contribution in [1.82, 2.24) is 4.90 Å². The van der Waals surface area contributed by atoms with E-state index in [-0.39, 0.29) is 11.6 Å². The minimum absolute atomic E-state index is 0.242. The number of hydrogen-bond acceptors (Lipinski definition) is 2. The molecule has 26 heavy (non-hydrogen) atoms. The summed E-state index contributed by atoms with van der Waals surface area (Å²) in [7, 11) is 0. The van der Waals surface area contributed by atoms with Gasteiger partial charge in [0, 0.05) is 24.0 Å². The van der Waals surface area contributed by atoms with E-state index >= 15 is 0 Å². The second kappa shape index (κ2) is 7.04. The number of benzene rings is 3. The lowest BCUT2D eigenvalue weighted by molar-refractivity contribution is 0.322. The van der Waals surface area contributed by atoms with Gasteiger partial charge in [0.1, 0.15) is 0 Å².